The van der Waals surface area contributed by atoms with Crippen molar-refractivity contribution in [3.8, 4) is 11.3 Å². The summed E-state index contributed by atoms with van der Waals surface area (Å²) in [7, 11) is 0. The minimum absolute atomic E-state index is 0.154. The van der Waals surface area contributed by atoms with Crippen molar-refractivity contribution in [1.82, 2.24) is 15.3 Å². The van der Waals surface area contributed by atoms with Gasteiger partial charge in [0.2, 0.25) is 0 Å². The first kappa shape index (κ1) is 16.2. The van der Waals surface area contributed by atoms with Crippen LogP contribution in [-0.4, -0.2) is 15.9 Å². The van der Waals surface area contributed by atoms with Crippen molar-refractivity contribution < 1.29 is 9.21 Å². The van der Waals surface area contributed by atoms with Gasteiger partial charge in [-0.3, -0.25) is 4.79 Å². The summed E-state index contributed by atoms with van der Waals surface area (Å²) in [5, 5.41) is 5.84. The maximum Gasteiger partial charge on any atom is 0.252 e. The molecule has 26 heavy (non-hydrogen) atoms. The molecule has 1 unspecified atom stereocenters. The number of rotatable bonds is 5. The van der Waals surface area contributed by atoms with Gasteiger partial charge in [-0.25, -0.2) is 9.97 Å². The van der Waals surface area contributed by atoms with Gasteiger partial charge in [0.15, 0.2) is 12.2 Å². The fraction of sp³-hybridized carbons (Fsp3) is 0.0500. The Kier molecular flexibility index (Phi) is 4.57. The van der Waals surface area contributed by atoms with E-state index in [2.05, 4.69) is 15.3 Å². The van der Waals surface area contributed by atoms with Crippen molar-refractivity contribution in [2.75, 3.05) is 0 Å². The molecule has 0 bridgehead atoms. The molecule has 0 saturated heterocycles. The molecule has 5 nitrogen and oxygen atoms in total. The number of oxazole rings is 1. The summed E-state index contributed by atoms with van der Waals surface area (Å²) in [6, 6.07) is 16.8. The zero-order valence-corrected chi connectivity index (χ0v) is 14.5. The number of aromatic nitrogens is 2. The van der Waals surface area contributed by atoms with Crippen molar-refractivity contribution in [3.63, 3.8) is 0 Å². The van der Waals surface area contributed by atoms with Gasteiger partial charge in [0, 0.05) is 22.7 Å². The number of hydrogen-bond donors (Lipinski definition) is 1. The summed E-state index contributed by atoms with van der Waals surface area (Å²) in [5.41, 5.74) is 2.44. The molecule has 0 spiro atoms. The first-order valence-corrected chi connectivity index (χ1v) is 8.93. The van der Waals surface area contributed by atoms with Crippen molar-refractivity contribution in [2.24, 2.45) is 0 Å². The van der Waals surface area contributed by atoms with Crippen LogP contribution in [0.4, 0.5) is 0 Å². The van der Waals surface area contributed by atoms with Gasteiger partial charge in [-0.05, 0) is 17.7 Å². The monoisotopic (exact) mass is 361 g/mol. The van der Waals surface area contributed by atoms with Crippen LogP contribution in [0.1, 0.15) is 27.0 Å². The highest BCUT2D eigenvalue weighted by atomic mass is 32.1. The zero-order valence-electron chi connectivity index (χ0n) is 13.7. The third-order valence-corrected chi connectivity index (χ3v) is 4.81. The molecule has 0 aliphatic rings. The normalized spacial score (nSPS) is 11.8. The lowest BCUT2D eigenvalue weighted by atomic mass is 10.1. The van der Waals surface area contributed by atoms with Crippen LogP contribution < -0.4 is 5.32 Å². The number of hydrogen-bond acceptors (Lipinski definition) is 5. The second-order valence-corrected chi connectivity index (χ2v) is 6.56. The fourth-order valence-electron chi connectivity index (χ4n) is 2.67. The number of carbonyl (C=O) groups is 1. The molecule has 1 atom stereocenters. The Hall–Kier alpha value is -3.25. The highest BCUT2D eigenvalue weighted by molar-refractivity contribution is 7.09. The Bertz CT molecular complexity index is 966. The lowest BCUT2D eigenvalue weighted by Crippen LogP contribution is -2.29. The Morgan fingerprint density at radius 3 is 2.54 bits per heavy atom. The van der Waals surface area contributed by atoms with Crippen molar-refractivity contribution in [2.45, 2.75) is 6.04 Å². The molecular formula is C20H15N3O2S. The number of thiazole rings is 1. The molecule has 1 N–H and O–H groups in total. The van der Waals surface area contributed by atoms with E-state index in [9.17, 15) is 4.79 Å². The summed E-state index contributed by atoms with van der Waals surface area (Å²) in [6.45, 7) is 0. The summed E-state index contributed by atoms with van der Waals surface area (Å²) in [5.74, 6) is 0.514. The molecule has 6 heteroatoms. The van der Waals surface area contributed by atoms with Gasteiger partial charge in [0.05, 0.1) is 6.20 Å². The van der Waals surface area contributed by atoms with Crippen LogP contribution in [0.2, 0.25) is 0 Å². The Morgan fingerprint density at radius 2 is 1.88 bits per heavy atom. The lowest BCUT2D eigenvalue weighted by molar-refractivity contribution is 0.0943. The first-order chi connectivity index (χ1) is 12.8. The van der Waals surface area contributed by atoms with Crippen LogP contribution in [0.15, 0.2) is 83.2 Å². The van der Waals surface area contributed by atoms with Crippen molar-refractivity contribution in [3.05, 3.63) is 94.9 Å². The van der Waals surface area contributed by atoms with E-state index in [1.807, 2.05) is 47.8 Å². The van der Waals surface area contributed by atoms with Crippen LogP contribution in [-0.2, 0) is 0 Å². The first-order valence-electron chi connectivity index (χ1n) is 8.05. The summed E-state index contributed by atoms with van der Waals surface area (Å²) < 4.78 is 5.27. The Balaban J connectivity index is 1.57. The van der Waals surface area contributed by atoms with E-state index in [0.717, 1.165) is 16.1 Å². The Labute approximate surface area is 154 Å². The van der Waals surface area contributed by atoms with Crippen LogP contribution >= 0.6 is 11.3 Å². The standard InChI is InChI=1S/C20H15N3O2S/c24-19(16-8-6-14(7-9-16)17-12-21-13-25-17)23-18(20-22-10-11-26-20)15-4-2-1-3-5-15/h1-13,18H,(H,23,24). The third-order valence-electron chi connectivity index (χ3n) is 3.97. The molecular weight excluding hydrogens is 346 g/mol. The molecule has 0 fully saturated rings. The zero-order chi connectivity index (χ0) is 17.8. The molecule has 0 aliphatic heterocycles. The lowest BCUT2D eigenvalue weighted by Gasteiger charge is -2.17. The fourth-order valence-corrected chi connectivity index (χ4v) is 3.38. The van der Waals surface area contributed by atoms with E-state index in [4.69, 9.17) is 4.42 Å². The second kappa shape index (κ2) is 7.33. The SMILES string of the molecule is O=C(NC(c1ccccc1)c1nccs1)c1ccc(-c2cnco2)cc1. The van der Waals surface area contributed by atoms with E-state index < -0.39 is 0 Å². The van der Waals surface area contributed by atoms with E-state index in [-0.39, 0.29) is 11.9 Å². The topological polar surface area (TPSA) is 68.0 Å². The number of nitrogens with zero attached hydrogens (tertiary/aromatic N) is 2. The molecule has 0 aliphatic carbocycles. The van der Waals surface area contributed by atoms with Gasteiger partial charge >= 0.3 is 0 Å². The van der Waals surface area contributed by atoms with Gasteiger partial charge in [0.25, 0.3) is 5.91 Å². The summed E-state index contributed by atoms with van der Waals surface area (Å²) in [6.07, 6.45) is 4.77. The molecule has 2 heterocycles. The highest BCUT2D eigenvalue weighted by Crippen LogP contribution is 2.25. The minimum atomic E-state index is -0.280. The second-order valence-electron chi connectivity index (χ2n) is 5.63. The molecule has 1 amide bonds. The average molecular weight is 361 g/mol. The van der Waals surface area contributed by atoms with Gasteiger partial charge in [-0.1, -0.05) is 42.5 Å². The smallest absolute Gasteiger partial charge is 0.252 e. The Morgan fingerprint density at radius 1 is 1.08 bits per heavy atom. The summed E-state index contributed by atoms with van der Waals surface area (Å²) in [4.78, 5) is 21.0. The largest absolute Gasteiger partial charge is 0.444 e. The van der Waals surface area contributed by atoms with E-state index in [1.165, 1.54) is 17.7 Å². The van der Waals surface area contributed by atoms with Crippen LogP contribution in [0, 0.1) is 0 Å². The molecule has 2 aromatic carbocycles. The van der Waals surface area contributed by atoms with Gasteiger partial charge < -0.3 is 9.73 Å². The quantitative estimate of drug-likeness (QED) is 0.575. The number of carbonyl (C=O) groups excluding carboxylic acids is 1. The van der Waals surface area contributed by atoms with Crippen LogP contribution in [0.5, 0.6) is 0 Å². The predicted molar refractivity (Wildman–Crippen MR) is 99.8 cm³/mol. The van der Waals surface area contributed by atoms with Gasteiger partial charge in [-0.2, -0.15) is 0 Å². The predicted octanol–water partition coefficient (Wildman–Crippen LogP) is 4.32. The van der Waals surface area contributed by atoms with E-state index in [1.54, 1.807) is 24.5 Å². The molecule has 128 valence electrons. The molecule has 0 saturated carbocycles. The van der Waals surface area contributed by atoms with E-state index in [0.29, 0.717) is 11.3 Å². The molecule has 0 radical (unpaired) electrons. The van der Waals surface area contributed by atoms with Crippen LogP contribution in [0.3, 0.4) is 0 Å². The molecule has 2 aromatic heterocycles. The molecule has 4 rings (SSSR count). The average Bonchev–Trinajstić information content (AvgIpc) is 3.41. The third kappa shape index (κ3) is 3.41. The van der Waals surface area contributed by atoms with E-state index >= 15 is 0 Å². The number of nitrogens with one attached hydrogen (secondary N) is 1. The highest BCUT2D eigenvalue weighted by Gasteiger charge is 2.20. The maximum absolute atomic E-state index is 12.8. The van der Waals surface area contributed by atoms with Crippen molar-refractivity contribution >= 4 is 17.2 Å². The summed E-state index contributed by atoms with van der Waals surface area (Å²) >= 11 is 1.52. The number of benzene rings is 2. The maximum atomic E-state index is 12.8. The minimum Gasteiger partial charge on any atom is -0.444 e. The van der Waals surface area contributed by atoms with Gasteiger partial charge in [-0.15, -0.1) is 11.3 Å². The number of amides is 1. The van der Waals surface area contributed by atoms with Gasteiger partial charge in [0.1, 0.15) is 11.0 Å². The van der Waals surface area contributed by atoms with Crippen LogP contribution in [0.25, 0.3) is 11.3 Å². The molecule has 4 aromatic rings. The van der Waals surface area contributed by atoms with Crippen molar-refractivity contribution in [1.29, 1.82) is 0 Å².